The van der Waals surface area contributed by atoms with E-state index in [1.54, 1.807) is 7.11 Å². The first-order valence-corrected chi connectivity index (χ1v) is 6.70. The average Bonchev–Trinajstić information content (AvgIpc) is 2.42. The Morgan fingerprint density at radius 3 is 2.37 bits per heavy atom. The monoisotopic (exact) mass is 268 g/mol. The molecule has 0 bridgehead atoms. The van der Waals surface area contributed by atoms with E-state index in [9.17, 15) is 0 Å². The second kappa shape index (κ2) is 13.4. The van der Waals surface area contributed by atoms with Crippen molar-refractivity contribution in [3.63, 3.8) is 0 Å². The van der Waals surface area contributed by atoms with E-state index < -0.39 is 0 Å². The second-order valence-corrected chi connectivity index (χ2v) is 4.02. The normalized spacial score (nSPS) is 11.4. The zero-order chi connectivity index (χ0) is 14.3. The summed E-state index contributed by atoms with van der Waals surface area (Å²) in [5.74, 6) is 11.8. The van der Waals surface area contributed by atoms with Crippen LogP contribution in [0.1, 0.15) is 20.8 Å². The third kappa shape index (κ3) is 11.8. The second-order valence-electron chi connectivity index (χ2n) is 4.02. The summed E-state index contributed by atoms with van der Waals surface area (Å²) in [7, 11) is 1.61. The summed E-state index contributed by atoms with van der Waals surface area (Å²) >= 11 is 0. The van der Waals surface area contributed by atoms with E-state index in [-0.39, 0.29) is 12.9 Å². The van der Waals surface area contributed by atoms with E-state index in [1.807, 2.05) is 6.92 Å². The Labute approximate surface area is 117 Å². The standard InChI is InChI=1S/C15H25NO3/c1-5-16(6-2)11-9-10-15(3)19-14-18-13-8-7-12-17-4/h15H,5-6,11-14H2,1-4H3/p+1/t15-/m1/s1. The van der Waals surface area contributed by atoms with Crippen molar-refractivity contribution >= 4 is 0 Å². The van der Waals surface area contributed by atoms with Crippen LogP contribution >= 0.6 is 0 Å². The van der Waals surface area contributed by atoms with Gasteiger partial charge in [-0.15, -0.1) is 0 Å². The van der Waals surface area contributed by atoms with Crippen molar-refractivity contribution in [2.75, 3.05) is 46.8 Å². The minimum Gasteiger partial charge on any atom is -0.372 e. The molecule has 0 aliphatic heterocycles. The number of nitrogens with one attached hydrogen (secondary N) is 1. The maximum absolute atomic E-state index is 5.39. The molecule has 4 nitrogen and oxygen atoms in total. The Morgan fingerprint density at radius 1 is 1.05 bits per heavy atom. The minimum atomic E-state index is -0.109. The van der Waals surface area contributed by atoms with Crippen LogP contribution in [0.2, 0.25) is 0 Å². The molecule has 1 N–H and O–H groups in total. The van der Waals surface area contributed by atoms with Crippen LogP contribution in [0.3, 0.4) is 0 Å². The largest absolute Gasteiger partial charge is 0.372 e. The van der Waals surface area contributed by atoms with Gasteiger partial charge in [0.05, 0.1) is 13.1 Å². The molecule has 19 heavy (non-hydrogen) atoms. The number of hydrogen-bond donors (Lipinski definition) is 1. The summed E-state index contributed by atoms with van der Waals surface area (Å²) in [4.78, 5) is 1.48. The molecule has 0 amide bonds. The fourth-order valence-electron chi connectivity index (χ4n) is 1.28. The quantitative estimate of drug-likeness (QED) is 0.380. The summed E-state index contributed by atoms with van der Waals surface area (Å²) in [5, 5.41) is 0. The van der Waals surface area contributed by atoms with Crippen LogP contribution in [0.4, 0.5) is 0 Å². The van der Waals surface area contributed by atoms with Gasteiger partial charge in [-0.25, -0.2) is 0 Å². The van der Waals surface area contributed by atoms with E-state index >= 15 is 0 Å². The molecule has 1 atom stereocenters. The molecule has 0 unspecified atom stereocenters. The van der Waals surface area contributed by atoms with Gasteiger partial charge in [-0.3, -0.25) is 0 Å². The zero-order valence-electron chi connectivity index (χ0n) is 12.5. The highest BCUT2D eigenvalue weighted by atomic mass is 16.7. The Morgan fingerprint density at radius 2 is 1.74 bits per heavy atom. The molecule has 0 aliphatic carbocycles. The highest BCUT2D eigenvalue weighted by molar-refractivity contribution is 5.03. The van der Waals surface area contributed by atoms with E-state index in [0.717, 1.165) is 19.6 Å². The Kier molecular flexibility index (Phi) is 12.7. The van der Waals surface area contributed by atoms with Gasteiger partial charge in [0.15, 0.2) is 0 Å². The molecule has 0 rings (SSSR count). The molecule has 0 heterocycles. The Bertz CT molecular complexity index is 318. The Hall–Kier alpha value is -1.04. The summed E-state index contributed by atoms with van der Waals surface area (Å²) in [5.41, 5.74) is 0. The molecule has 0 spiro atoms. The zero-order valence-corrected chi connectivity index (χ0v) is 12.5. The van der Waals surface area contributed by atoms with Crippen molar-refractivity contribution in [2.24, 2.45) is 0 Å². The molecule has 0 fully saturated rings. The van der Waals surface area contributed by atoms with Crippen molar-refractivity contribution in [3.8, 4) is 23.7 Å². The summed E-state index contributed by atoms with van der Waals surface area (Å²) in [6.45, 7) is 10.3. The number of methoxy groups -OCH3 is 1. The highest BCUT2D eigenvalue weighted by Gasteiger charge is 1.99. The molecule has 0 saturated carbocycles. The van der Waals surface area contributed by atoms with Crippen molar-refractivity contribution in [1.29, 1.82) is 0 Å². The minimum absolute atomic E-state index is 0.109. The lowest BCUT2D eigenvalue weighted by molar-refractivity contribution is -0.889. The van der Waals surface area contributed by atoms with Gasteiger partial charge in [0, 0.05) is 7.11 Å². The first-order valence-electron chi connectivity index (χ1n) is 6.70. The maximum atomic E-state index is 5.39. The van der Waals surface area contributed by atoms with Crippen LogP contribution in [0, 0.1) is 23.7 Å². The van der Waals surface area contributed by atoms with Crippen molar-refractivity contribution < 1.29 is 19.1 Å². The van der Waals surface area contributed by atoms with Crippen LogP contribution in [0.15, 0.2) is 0 Å². The first-order chi connectivity index (χ1) is 9.24. The lowest BCUT2D eigenvalue weighted by atomic mass is 10.4. The van der Waals surface area contributed by atoms with Crippen molar-refractivity contribution in [3.05, 3.63) is 0 Å². The van der Waals surface area contributed by atoms with E-state index in [2.05, 4.69) is 37.5 Å². The van der Waals surface area contributed by atoms with Crippen molar-refractivity contribution in [1.82, 2.24) is 0 Å². The van der Waals surface area contributed by atoms with Gasteiger partial charge >= 0.3 is 0 Å². The Balaban J connectivity index is 3.62. The lowest BCUT2D eigenvalue weighted by Gasteiger charge is -2.11. The fourth-order valence-corrected chi connectivity index (χ4v) is 1.28. The van der Waals surface area contributed by atoms with Gasteiger partial charge in [-0.2, -0.15) is 0 Å². The van der Waals surface area contributed by atoms with Gasteiger partial charge in [0.2, 0.25) is 0 Å². The summed E-state index contributed by atoms with van der Waals surface area (Å²) in [6.07, 6.45) is -0.109. The molecule has 0 radical (unpaired) electrons. The fraction of sp³-hybridized carbons (Fsp3) is 0.733. The van der Waals surface area contributed by atoms with Crippen molar-refractivity contribution in [2.45, 2.75) is 26.9 Å². The third-order valence-corrected chi connectivity index (χ3v) is 2.56. The van der Waals surface area contributed by atoms with Gasteiger partial charge in [0.25, 0.3) is 0 Å². The van der Waals surface area contributed by atoms with Gasteiger partial charge in [-0.05, 0) is 26.7 Å². The number of hydrogen-bond acceptors (Lipinski definition) is 3. The predicted molar refractivity (Wildman–Crippen MR) is 75.7 cm³/mol. The van der Waals surface area contributed by atoms with Crippen LogP contribution < -0.4 is 4.90 Å². The van der Waals surface area contributed by atoms with E-state index in [1.165, 1.54) is 4.90 Å². The van der Waals surface area contributed by atoms with Gasteiger partial charge in [0.1, 0.15) is 32.7 Å². The number of ether oxygens (including phenoxy) is 3. The molecule has 0 aromatic carbocycles. The summed E-state index contributed by atoms with van der Waals surface area (Å²) in [6, 6.07) is 0. The third-order valence-electron chi connectivity index (χ3n) is 2.56. The molecule has 0 saturated heterocycles. The summed E-state index contributed by atoms with van der Waals surface area (Å²) < 4.78 is 15.4. The van der Waals surface area contributed by atoms with Crippen LogP contribution in [-0.4, -0.2) is 52.9 Å². The van der Waals surface area contributed by atoms with Crippen LogP contribution in [-0.2, 0) is 14.2 Å². The molecule has 4 heteroatoms. The molecular weight excluding hydrogens is 242 g/mol. The topological polar surface area (TPSA) is 32.1 Å². The molecular formula is C15H26NO3+. The van der Waals surface area contributed by atoms with E-state index in [4.69, 9.17) is 14.2 Å². The smallest absolute Gasteiger partial charge is 0.149 e. The van der Waals surface area contributed by atoms with Gasteiger partial charge in [-0.1, -0.05) is 17.8 Å². The first kappa shape index (κ1) is 18.0. The van der Waals surface area contributed by atoms with Crippen LogP contribution in [0.25, 0.3) is 0 Å². The average molecular weight is 268 g/mol. The maximum Gasteiger partial charge on any atom is 0.149 e. The molecule has 108 valence electrons. The number of quaternary nitrogens is 1. The SMILES string of the molecule is CC[NH+](CC)CC#C[C@@H](C)OCOCC#CCOC. The highest BCUT2D eigenvalue weighted by Crippen LogP contribution is 1.88. The molecule has 0 aliphatic rings. The van der Waals surface area contributed by atoms with E-state index in [0.29, 0.717) is 13.2 Å². The molecule has 0 aromatic rings. The lowest BCUT2D eigenvalue weighted by Crippen LogP contribution is -3.11. The van der Waals surface area contributed by atoms with Crippen LogP contribution in [0.5, 0.6) is 0 Å². The predicted octanol–water partition coefficient (Wildman–Crippen LogP) is -0.0565. The molecule has 0 aromatic heterocycles. The van der Waals surface area contributed by atoms with Gasteiger partial charge < -0.3 is 19.1 Å². The number of rotatable bonds is 8.